The van der Waals surface area contributed by atoms with Crippen LogP contribution in [0, 0.1) is 12.3 Å². The molecular formula is C8H5NO4. The number of carbonyl (C=O) groups excluding carboxylic acids is 3. The summed E-state index contributed by atoms with van der Waals surface area (Å²) in [7, 11) is 0. The van der Waals surface area contributed by atoms with Crippen LogP contribution in [0.1, 0.15) is 0 Å². The fourth-order valence-corrected chi connectivity index (χ4v) is 0.748. The molecule has 66 valence electrons. The maximum absolute atomic E-state index is 11.0. The highest BCUT2D eigenvalue weighted by atomic mass is 16.6. The number of ether oxygens (including phenoxy) is 1. The second-order valence-corrected chi connectivity index (χ2v) is 2.10. The van der Waals surface area contributed by atoms with Crippen LogP contribution in [0.25, 0.3) is 0 Å². The average Bonchev–Trinajstić information content (AvgIpc) is 2.42. The van der Waals surface area contributed by atoms with Gasteiger partial charge in [0.15, 0.2) is 6.61 Å². The number of terminal acetylenes is 1. The highest BCUT2D eigenvalue weighted by Crippen LogP contribution is 2.05. The molecule has 0 unspecified atom stereocenters. The van der Waals surface area contributed by atoms with Crippen LogP contribution >= 0.6 is 0 Å². The standard InChI is InChI=1S/C8H5NO4/c1-2-5-13-8(12)9-6(10)3-4-7(9)11/h1,3-4H,5H2. The van der Waals surface area contributed by atoms with Crippen LogP contribution in [0.4, 0.5) is 4.79 Å². The Bertz CT molecular complexity index is 319. The van der Waals surface area contributed by atoms with Gasteiger partial charge in [0, 0.05) is 12.2 Å². The molecule has 3 amide bonds. The lowest BCUT2D eigenvalue weighted by molar-refractivity contribution is -0.134. The normalized spacial score (nSPS) is 14.5. The van der Waals surface area contributed by atoms with Crippen molar-refractivity contribution in [2.24, 2.45) is 0 Å². The molecule has 0 aromatic carbocycles. The highest BCUT2D eigenvalue weighted by Gasteiger charge is 2.31. The van der Waals surface area contributed by atoms with Crippen molar-refractivity contribution in [1.29, 1.82) is 0 Å². The molecule has 0 aromatic rings. The summed E-state index contributed by atoms with van der Waals surface area (Å²) in [6.45, 7) is -0.268. The van der Waals surface area contributed by atoms with E-state index in [0.717, 1.165) is 12.2 Å². The SMILES string of the molecule is C#CCOC(=O)N1C(=O)C=CC1=O. The minimum absolute atomic E-state index is 0.268. The quantitative estimate of drug-likeness (QED) is 0.409. The Balaban J connectivity index is 2.63. The maximum atomic E-state index is 11.0. The Hall–Kier alpha value is -2.09. The first-order chi connectivity index (χ1) is 6.16. The van der Waals surface area contributed by atoms with Gasteiger partial charge in [-0.05, 0) is 0 Å². The molecule has 0 N–H and O–H groups in total. The molecule has 1 heterocycles. The van der Waals surface area contributed by atoms with Gasteiger partial charge in [-0.3, -0.25) is 9.59 Å². The third-order valence-electron chi connectivity index (χ3n) is 1.27. The fraction of sp³-hybridized carbons (Fsp3) is 0.125. The van der Waals surface area contributed by atoms with Gasteiger partial charge in [-0.25, -0.2) is 4.79 Å². The molecule has 0 radical (unpaired) electrons. The van der Waals surface area contributed by atoms with Crippen molar-refractivity contribution < 1.29 is 19.1 Å². The van der Waals surface area contributed by atoms with Crippen molar-refractivity contribution in [3.05, 3.63) is 12.2 Å². The Labute approximate surface area is 74.0 Å². The number of hydrogen-bond donors (Lipinski definition) is 0. The van der Waals surface area contributed by atoms with Crippen LogP contribution in [0.15, 0.2) is 12.2 Å². The minimum atomic E-state index is -1.04. The first kappa shape index (κ1) is 9.00. The highest BCUT2D eigenvalue weighted by molar-refractivity contribution is 6.21. The molecule has 5 heteroatoms. The predicted molar refractivity (Wildman–Crippen MR) is 41.2 cm³/mol. The fourth-order valence-electron chi connectivity index (χ4n) is 0.748. The van der Waals surface area contributed by atoms with Crippen LogP contribution in [-0.2, 0) is 14.3 Å². The lowest BCUT2D eigenvalue weighted by atomic mass is 10.6. The Kier molecular flexibility index (Phi) is 2.45. The van der Waals surface area contributed by atoms with Gasteiger partial charge in [0.05, 0.1) is 0 Å². The van der Waals surface area contributed by atoms with E-state index in [2.05, 4.69) is 4.74 Å². The number of nitrogens with zero attached hydrogens (tertiary/aromatic N) is 1. The van der Waals surface area contributed by atoms with Crippen molar-refractivity contribution in [2.45, 2.75) is 0 Å². The summed E-state index contributed by atoms with van der Waals surface area (Å²) in [5.41, 5.74) is 0. The van der Waals surface area contributed by atoms with Gasteiger partial charge >= 0.3 is 6.09 Å². The van der Waals surface area contributed by atoms with E-state index < -0.39 is 17.9 Å². The second-order valence-electron chi connectivity index (χ2n) is 2.10. The largest absolute Gasteiger partial charge is 0.436 e. The van der Waals surface area contributed by atoms with E-state index in [0.29, 0.717) is 4.90 Å². The number of imide groups is 3. The number of rotatable bonds is 1. The molecule has 0 spiro atoms. The first-order valence-electron chi connectivity index (χ1n) is 3.33. The number of hydrogen-bond acceptors (Lipinski definition) is 4. The monoisotopic (exact) mass is 179 g/mol. The van der Waals surface area contributed by atoms with Crippen LogP contribution in [0.5, 0.6) is 0 Å². The van der Waals surface area contributed by atoms with Crippen molar-refractivity contribution in [1.82, 2.24) is 4.90 Å². The van der Waals surface area contributed by atoms with E-state index in [1.807, 2.05) is 5.92 Å². The van der Waals surface area contributed by atoms with Crippen molar-refractivity contribution >= 4 is 17.9 Å². The Morgan fingerprint density at radius 1 is 1.46 bits per heavy atom. The topological polar surface area (TPSA) is 63.7 Å². The van der Waals surface area contributed by atoms with Gasteiger partial charge in [0.2, 0.25) is 0 Å². The summed E-state index contributed by atoms with van der Waals surface area (Å²) in [5.74, 6) is 0.608. The Morgan fingerprint density at radius 3 is 2.46 bits per heavy atom. The zero-order valence-corrected chi connectivity index (χ0v) is 6.52. The summed E-state index contributed by atoms with van der Waals surface area (Å²) in [6.07, 6.45) is 5.74. The minimum Gasteiger partial charge on any atom is -0.436 e. The van der Waals surface area contributed by atoms with Crippen molar-refractivity contribution in [2.75, 3.05) is 6.61 Å². The zero-order valence-electron chi connectivity index (χ0n) is 6.52. The number of amides is 3. The molecule has 13 heavy (non-hydrogen) atoms. The molecule has 1 aliphatic heterocycles. The second kappa shape index (κ2) is 3.54. The van der Waals surface area contributed by atoms with E-state index in [4.69, 9.17) is 6.42 Å². The molecule has 0 saturated heterocycles. The molecule has 0 bridgehead atoms. The van der Waals surface area contributed by atoms with E-state index >= 15 is 0 Å². The first-order valence-corrected chi connectivity index (χ1v) is 3.33. The molecule has 1 aliphatic rings. The summed E-state index contributed by atoms with van der Waals surface area (Å²) in [6, 6.07) is 0. The van der Waals surface area contributed by atoms with Gasteiger partial charge in [-0.2, -0.15) is 4.90 Å². The molecule has 0 fully saturated rings. The zero-order chi connectivity index (χ0) is 9.84. The van der Waals surface area contributed by atoms with E-state index in [1.165, 1.54) is 0 Å². The molecule has 1 rings (SSSR count). The van der Waals surface area contributed by atoms with E-state index in [9.17, 15) is 14.4 Å². The summed E-state index contributed by atoms with van der Waals surface area (Å²) < 4.78 is 4.39. The van der Waals surface area contributed by atoms with Gasteiger partial charge < -0.3 is 4.74 Å². The van der Waals surface area contributed by atoms with Gasteiger partial charge in [-0.15, -0.1) is 6.42 Å². The Morgan fingerprint density at radius 2 is 2.00 bits per heavy atom. The van der Waals surface area contributed by atoms with Crippen molar-refractivity contribution in [3.63, 3.8) is 0 Å². The predicted octanol–water partition coefficient (Wildman–Crippen LogP) is -0.319. The van der Waals surface area contributed by atoms with Gasteiger partial charge in [0.25, 0.3) is 11.8 Å². The molecular weight excluding hydrogens is 174 g/mol. The van der Waals surface area contributed by atoms with Crippen LogP contribution in [-0.4, -0.2) is 29.4 Å². The lowest BCUT2D eigenvalue weighted by Gasteiger charge is -2.09. The average molecular weight is 179 g/mol. The van der Waals surface area contributed by atoms with Crippen LogP contribution in [0.2, 0.25) is 0 Å². The molecule has 0 aliphatic carbocycles. The lowest BCUT2D eigenvalue weighted by Crippen LogP contribution is -2.36. The molecule has 0 aromatic heterocycles. The molecule has 5 nitrogen and oxygen atoms in total. The summed E-state index contributed by atoms with van der Waals surface area (Å²) >= 11 is 0. The van der Waals surface area contributed by atoms with E-state index in [-0.39, 0.29) is 6.61 Å². The summed E-state index contributed by atoms with van der Waals surface area (Å²) in [5, 5.41) is 0. The van der Waals surface area contributed by atoms with Crippen molar-refractivity contribution in [3.8, 4) is 12.3 Å². The molecule has 0 atom stereocenters. The third kappa shape index (κ3) is 1.73. The van der Waals surface area contributed by atoms with Crippen LogP contribution in [0.3, 0.4) is 0 Å². The summed E-state index contributed by atoms with van der Waals surface area (Å²) in [4.78, 5) is 33.0. The maximum Gasteiger partial charge on any atom is 0.425 e. The van der Waals surface area contributed by atoms with E-state index in [1.54, 1.807) is 0 Å². The molecule has 0 saturated carbocycles. The third-order valence-corrected chi connectivity index (χ3v) is 1.27. The number of carbonyl (C=O) groups is 3. The van der Waals surface area contributed by atoms with Crippen LogP contribution < -0.4 is 0 Å². The van der Waals surface area contributed by atoms with Gasteiger partial charge in [-0.1, -0.05) is 5.92 Å². The smallest absolute Gasteiger partial charge is 0.425 e. The van der Waals surface area contributed by atoms with Gasteiger partial charge in [0.1, 0.15) is 0 Å².